The van der Waals surface area contributed by atoms with Gasteiger partial charge in [-0.05, 0) is 13.3 Å². The largest absolute Gasteiger partial charge is 0.511 e. The first-order valence-electron chi connectivity index (χ1n) is 4.87. The zero-order valence-corrected chi connectivity index (χ0v) is 8.52. The first-order chi connectivity index (χ1) is 7.07. The van der Waals surface area contributed by atoms with Crippen LogP contribution >= 0.6 is 0 Å². The Morgan fingerprint density at radius 1 is 1.53 bits per heavy atom. The molecule has 0 aliphatic heterocycles. The first-order valence-corrected chi connectivity index (χ1v) is 4.87. The molecule has 0 bridgehead atoms. The highest BCUT2D eigenvalue weighted by molar-refractivity contribution is 6.21. The van der Waals surface area contributed by atoms with Crippen molar-refractivity contribution in [3.05, 3.63) is 11.3 Å². The van der Waals surface area contributed by atoms with E-state index in [0.717, 1.165) is 0 Å². The van der Waals surface area contributed by atoms with E-state index in [1.54, 1.807) is 6.92 Å². The average Bonchev–Trinajstić information content (AvgIpc) is 2.17. The van der Waals surface area contributed by atoms with Gasteiger partial charge in [0, 0.05) is 19.4 Å². The number of rotatable bonds is 4. The number of ketones is 2. The maximum Gasteiger partial charge on any atom is 0.225 e. The van der Waals surface area contributed by atoms with Crippen LogP contribution in [0.15, 0.2) is 11.3 Å². The highest BCUT2D eigenvalue weighted by Crippen LogP contribution is 2.21. The standard InChI is InChI=1S/C10H14O5/c1-2-15-10(14)9(13)8-6(11)4-3-5-7(8)12/h10-11,14H,2-5H2,1H3. The van der Waals surface area contributed by atoms with Crippen molar-refractivity contribution in [1.29, 1.82) is 0 Å². The molecule has 15 heavy (non-hydrogen) atoms. The summed E-state index contributed by atoms with van der Waals surface area (Å²) in [5.74, 6) is -1.52. The van der Waals surface area contributed by atoms with E-state index >= 15 is 0 Å². The quantitative estimate of drug-likeness (QED) is 0.525. The van der Waals surface area contributed by atoms with E-state index in [1.165, 1.54) is 0 Å². The molecule has 84 valence electrons. The second-order valence-electron chi connectivity index (χ2n) is 3.27. The van der Waals surface area contributed by atoms with E-state index in [-0.39, 0.29) is 24.4 Å². The molecule has 0 saturated carbocycles. The van der Waals surface area contributed by atoms with Crippen LogP contribution in [0.5, 0.6) is 0 Å². The summed E-state index contributed by atoms with van der Waals surface area (Å²) in [6.45, 7) is 1.78. The lowest BCUT2D eigenvalue weighted by molar-refractivity contribution is -0.152. The van der Waals surface area contributed by atoms with Gasteiger partial charge < -0.3 is 14.9 Å². The normalized spacial score (nSPS) is 19.2. The number of Topliss-reactive ketones (excluding diaryl/α,β-unsaturated/α-hetero) is 2. The molecule has 0 amide bonds. The Morgan fingerprint density at radius 2 is 2.20 bits per heavy atom. The molecule has 1 rings (SSSR count). The minimum atomic E-state index is -1.66. The lowest BCUT2D eigenvalue weighted by Crippen LogP contribution is -2.31. The summed E-state index contributed by atoms with van der Waals surface area (Å²) in [5, 5.41) is 18.6. The average molecular weight is 214 g/mol. The van der Waals surface area contributed by atoms with Gasteiger partial charge in [-0.1, -0.05) is 0 Å². The number of aliphatic hydroxyl groups is 2. The van der Waals surface area contributed by atoms with Crippen molar-refractivity contribution in [3.63, 3.8) is 0 Å². The summed E-state index contributed by atoms with van der Waals surface area (Å²) in [5.41, 5.74) is -0.304. The number of hydrogen-bond donors (Lipinski definition) is 2. The number of carbonyl (C=O) groups excluding carboxylic acids is 2. The van der Waals surface area contributed by atoms with Crippen molar-refractivity contribution in [3.8, 4) is 0 Å². The zero-order valence-electron chi connectivity index (χ0n) is 8.52. The van der Waals surface area contributed by atoms with Gasteiger partial charge in [0.15, 0.2) is 5.78 Å². The predicted octanol–water partition coefficient (Wildman–Crippen LogP) is 0.475. The van der Waals surface area contributed by atoms with Gasteiger partial charge >= 0.3 is 0 Å². The maximum atomic E-state index is 11.5. The van der Waals surface area contributed by atoms with Crippen LogP contribution in [0.4, 0.5) is 0 Å². The van der Waals surface area contributed by atoms with E-state index in [4.69, 9.17) is 0 Å². The molecule has 1 aliphatic rings. The van der Waals surface area contributed by atoms with E-state index in [1.807, 2.05) is 0 Å². The molecule has 1 aliphatic carbocycles. The predicted molar refractivity (Wildman–Crippen MR) is 51.2 cm³/mol. The fourth-order valence-electron chi connectivity index (χ4n) is 1.46. The van der Waals surface area contributed by atoms with Gasteiger partial charge in [-0.2, -0.15) is 0 Å². The highest BCUT2D eigenvalue weighted by Gasteiger charge is 2.30. The van der Waals surface area contributed by atoms with E-state index in [9.17, 15) is 19.8 Å². The van der Waals surface area contributed by atoms with Crippen LogP contribution in [0.3, 0.4) is 0 Å². The van der Waals surface area contributed by atoms with Gasteiger partial charge in [0.05, 0.1) is 0 Å². The van der Waals surface area contributed by atoms with Crippen LogP contribution < -0.4 is 0 Å². The summed E-state index contributed by atoms with van der Waals surface area (Å²) in [6.07, 6.45) is -0.601. The van der Waals surface area contributed by atoms with Crippen LogP contribution in [0, 0.1) is 0 Å². The summed E-state index contributed by atoms with van der Waals surface area (Å²) in [6, 6.07) is 0. The summed E-state index contributed by atoms with van der Waals surface area (Å²) in [7, 11) is 0. The van der Waals surface area contributed by atoms with E-state index in [2.05, 4.69) is 4.74 Å². The molecule has 1 atom stereocenters. The third-order valence-electron chi connectivity index (χ3n) is 2.18. The highest BCUT2D eigenvalue weighted by atomic mass is 16.6. The van der Waals surface area contributed by atoms with Gasteiger partial charge in [-0.25, -0.2) is 0 Å². The minimum Gasteiger partial charge on any atom is -0.511 e. The Morgan fingerprint density at radius 3 is 2.73 bits per heavy atom. The Labute approximate surface area is 87.4 Å². The molecule has 0 radical (unpaired) electrons. The van der Waals surface area contributed by atoms with Crippen LogP contribution in [0.25, 0.3) is 0 Å². The van der Waals surface area contributed by atoms with Crippen molar-refractivity contribution >= 4 is 11.6 Å². The van der Waals surface area contributed by atoms with Crippen LogP contribution in [-0.2, 0) is 14.3 Å². The van der Waals surface area contributed by atoms with Gasteiger partial charge in [0.1, 0.15) is 11.3 Å². The van der Waals surface area contributed by atoms with E-state index in [0.29, 0.717) is 12.8 Å². The minimum absolute atomic E-state index is 0.162. The van der Waals surface area contributed by atoms with Crippen molar-refractivity contribution in [2.75, 3.05) is 6.61 Å². The molecule has 0 aromatic rings. The summed E-state index contributed by atoms with van der Waals surface area (Å²) >= 11 is 0. The SMILES string of the molecule is CCOC(O)C(=O)C1=C(O)CCCC1=O. The fraction of sp³-hybridized carbons (Fsp3) is 0.600. The maximum absolute atomic E-state index is 11.5. The lowest BCUT2D eigenvalue weighted by atomic mass is 9.93. The molecule has 0 saturated heterocycles. The molecular formula is C10H14O5. The van der Waals surface area contributed by atoms with E-state index < -0.39 is 17.9 Å². The fourth-order valence-corrected chi connectivity index (χ4v) is 1.46. The van der Waals surface area contributed by atoms with Crippen molar-refractivity contribution in [2.24, 2.45) is 0 Å². The van der Waals surface area contributed by atoms with Gasteiger partial charge in [0.2, 0.25) is 12.1 Å². The molecular weight excluding hydrogens is 200 g/mol. The summed E-state index contributed by atoms with van der Waals surface area (Å²) < 4.78 is 4.66. The molecule has 1 unspecified atom stereocenters. The molecule has 5 nitrogen and oxygen atoms in total. The number of allylic oxidation sites excluding steroid dienone is 1. The summed E-state index contributed by atoms with van der Waals surface area (Å²) in [4.78, 5) is 22.8. The second-order valence-corrected chi connectivity index (χ2v) is 3.27. The third-order valence-corrected chi connectivity index (χ3v) is 2.18. The molecule has 0 heterocycles. The Hall–Kier alpha value is -1.20. The van der Waals surface area contributed by atoms with Crippen molar-refractivity contribution in [2.45, 2.75) is 32.5 Å². The molecule has 0 aromatic heterocycles. The smallest absolute Gasteiger partial charge is 0.225 e. The van der Waals surface area contributed by atoms with Crippen molar-refractivity contribution < 1.29 is 24.5 Å². The number of aliphatic hydroxyl groups excluding tert-OH is 2. The molecule has 0 spiro atoms. The lowest BCUT2D eigenvalue weighted by Gasteiger charge is -2.16. The van der Waals surface area contributed by atoms with Gasteiger partial charge in [0.25, 0.3) is 0 Å². The van der Waals surface area contributed by atoms with Crippen LogP contribution in [-0.4, -0.2) is 34.7 Å². The monoisotopic (exact) mass is 214 g/mol. The zero-order chi connectivity index (χ0) is 11.4. The number of carbonyl (C=O) groups is 2. The number of ether oxygens (including phenoxy) is 1. The molecule has 2 N–H and O–H groups in total. The molecule has 5 heteroatoms. The third kappa shape index (κ3) is 2.64. The van der Waals surface area contributed by atoms with Crippen molar-refractivity contribution in [1.82, 2.24) is 0 Å². The topological polar surface area (TPSA) is 83.8 Å². The Bertz CT molecular complexity index is 305. The number of hydrogen-bond acceptors (Lipinski definition) is 5. The Balaban J connectivity index is 2.85. The van der Waals surface area contributed by atoms with Gasteiger partial charge in [-0.3, -0.25) is 9.59 Å². The van der Waals surface area contributed by atoms with Gasteiger partial charge in [-0.15, -0.1) is 0 Å². The Kier molecular flexibility index (Phi) is 3.99. The van der Waals surface area contributed by atoms with Crippen LogP contribution in [0.2, 0.25) is 0 Å². The molecule has 0 aromatic carbocycles. The first kappa shape index (κ1) is 11.9. The second kappa shape index (κ2) is 5.04. The molecule has 0 fully saturated rings. The van der Waals surface area contributed by atoms with Crippen LogP contribution in [0.1, 0.15) is 26.2 Å².